The lowest BCUT2D eigenvalue weighted by atomic mass is 10.2. The van der Waals surface area contributed by atoms with Crippen molar-refractivity contribution in [2.45, 2.75) is 20.0 Å². The number of rotatable bonds is 7. The molecule has 28 heavy (non-hydrogen) atoms. The van der Waals surface area contributed by atoms with Gasteiger partial charge in [-0.05, 0) is 36.8 Å². The Balaban J connectivity index is 1.66. The van der Waals surface area contributed by atoms with Gasteiger partial charge in [0.25, 0.3) is 5.91 Å². The van der Waals surface area contributed by atoms with Gasteiger partial charge in [-0.3, -0.25) is 4.79 Å². The number of anilines is 1. The minimum atomic E-state index is -0.304. The molecule has 0 atom stereocenters. The molecular formula is C21H21FN4O2. The smallest absolute Gasteiger partial charge is 0.270 e. The molecule has 0 bridgehead atoms. The molecule has 0 aliphatic heterocycles. The second kappa shape index (κ2) is 8.94. The van der Waals surface area contributed by atoms with Crippen LogP contribution in [0.5, 0.6) is 5.75 Å². The highest BCUT2D eigenvalue weighted by atomic mass is 19.1. The topological polar surface area (TPSA) is 76.1 Å². The standard InChI is InChI=1S/C21H21FN4O2/c1-14-11-18(20(27)23-13-16-5-3-4-6-19(16)28-2)26-21(25-14)24-12-15-7-9-17(22)10-8-15/h3-11H,12-13H2,1-2H3,(H,23,27)(H,24,25,26). The Hall–Kier alpha value is -3.48. The zero-order chi connectivity index (χ0) is 19.9. The number of carbonyl (C=O) groups excluding carboxylic acids is 1. The fourth-order valence-electron chi connectivity index (χ4n) is 2.66. The summed E-state index contributed by atoms with van der Waals surface area (Å²) in [6.07, 6.45) is 0. The normalized spacial score (nSPS) is 10.4. The summed E-state index contributed by atoms with van der Waals surface area (Å²) < 4.78 is 18.3. The molecule has 0 saturated carbocycles. The SMILES string of the molecule is COc1ccccc1CNC(=O)c1cc(C)nc(NCc2ccc(F)cc2)n1. The zero-order valence-electron chi connectivity index (χ0n) is 15.7. The van der Waals surface area contributed by atoms with Gasteiger partial charge in [-0.15, -0.1) is 0 Å². The van der Waals surface area contributed by atoms with E-state index < -0.39 is 0 Å². The van der Waals surface area contributed by atoms with Gasteiger partial charge in [0.2, 0.25) is 5.95 Å². The predicted octanol–water partition coefficient (Wildman–Crippen LogP) is 3.47. The molecular weight excluding hydrogens is 359 g/mol. The summed E-state index contributed by atoms with van der Waals surface area (Å²) in [7, 11) is 1.59. The number of aromatic nitrogens is 2. The maximum absolute atomic E-state index is 13.0. The highest BCUT2D eigenvalue weighted by Gasteiger charge is 2.12. The summed E-state index contributed by atoms with van der Waals surface area (Å²) in [5.74, 6) is 0.459. The molecule has 2 aromatic carbocycles. The van der Waals surface area contributed by atoms with Crippen LogP contribution in [0.2, 0.25) is 0 Å². The number of para-hydroxylation sites is 1. The monoisotopic (exact) mass is 380 g/mol. The van der Waals surface area contributed by atoms with Crippen LogP contribution >= 0.6 is 0 Å². The van der Waals surface area contributed by atoms with Crippen LogP contribution in [0.25, 0.3) is 0 Å². The average Bonchev–Trinajstić information content (AvgIpc) is 2.71. The molecule has 6 nitrogen and oxygen atoms in total. The van der Waals surface area contributed by atoms with Crippen molar-refractivity contribution in [3.8, 4) is 5.75 Å². The predicted molar refractivity (Wildman–Crippen MR) is 105 cm³/mol. The number of ether oxygens (including phenoxy) is 1. The molecule has 3 rings (SSSR count). The molecule has 144 valence electrons. The summed E-state index contributed by atoms with van der Waals surface area (Å²) in [6, 6.07) is 15.3. The molecule has 1 aromatic heterocycles. The van der Waals surface area contributed by atoms with Gasteiger partial charge in [0.05, 0.1) is 7.11 Å². The van der Waals surface area contributed by atoms with Crippen LogP contribution in [0.4, 0.5) is 10.3 Å². The molecule has 7 heteroatoms. The average molecular weight is 380 g/mol. The molecule has 0 unspecified atom stereocenters. The van der Waals surface area contributed by atoms with E-state index in [9.17, 15) is 9.18 Å². The Kier molecular flexibility index (Phi) is 6.16. The Morgan fingerprint density at radius 2 is 1.82 bits per heavy atom. The van der Waals surface area contributed by atoms with Gasteiger partial charge in [-0.1, -0.05) is 30.3 Å². The van der Waals surface area contributed by atoms with Crippen molar-refractivity contribution in [1.29, 1.82) is 0 Å². The van der Waals surface area contributed by atoms with Crippen molar-refractivity contribution in [2.75, 3.05) is 12.4 Å². The van der Waals surface area contributed by atoms with E-state index in [4.69, 9.17) is 4.74 Å². The van der Waals surface area contributed by atoms with Gasteiger partial charge in [-0.25, -0.2) is 14.4 Å². The van der Waals surface area contributed by atoms with Gasteiger partial charge >= 0.3 is 0 Å². The first-order valence-electron chi connectivity index (χ1n) is 8.79. The maximum atomic E-state index is 13.0. The molecule has 0 fully saturated rings. The molecule has 0 spiro atoms. The van der Waals surface area contributed by atoms with Crippen molar-refractivity contribution in [2.24, 2.45) is 0 Å². The van der Waals surface area contributed by atoms with E-state index in [2.05, 4.69) is 20.6 Å². The van der Waals surface area contributed by atoms with Crippen LogP contribution < -0.4 is 15.4 Å². The van der Waals surface area contributed by atoms with E-state index in [0.29, 0.717) is 30.5 Å². The van der Waals surface area contributed by atoms with Crippen LogP contribution in [-0.2, 0) is 13.1 Å². The Morgan fingerprint density at radius 3 is 2.57 bits per heavy atom. The van der Waals surface area contributed by atoms with Crippen molar-refractivity contribution < 1.29 is 13.9 Å². The van der Waals surface area contributed by atoms with E-state index in [1.165, 1.54) is 12.1 Å². The number of halogens is 1. The number of methoxy groups -OCH3 is 1. The van der Waals surface area contributed by atoms with Crippen molar-refractivity contribution >= 4 is 11.9 Å². The van der Waals surface area contributed by atoms with Crippen LogP contribution in [0.1, 0.15) is 27.3 Å². The summed E-state index contributed by atoms with van der Waals surface area (Å²) in [6.45, 7) is 2.54. The van der Waals surface area contributed by atoms with E-state index in [1.807, 2.05) is 24.3 Å². The number of carbonyl (C=O) groups is 1. The second-order valence-corrected chi connectivity index (χ2v) is 6.19. The van der Waals surface area contributed by atoms with E-state index in [0.717, 1.165) is 11.1 Å². The number of hydrogen-bond donors (Lipinski definition) is 2. The lowest BCUT2D eigenvalue weighted by Gasteiger charge is -2.11. The van der Waals surface area contributed by atoms with Crippen LogP contribution in [0.15, 0.2) is 54.6 Å². The van der Waals surface area contributed by atoms with Gasteiger partial charge in [0, 0.05) is 24.3 Å². The number of hydrogen-bond acceptors (Lipinski definition) is 5. The fourth-order valence-corrected chi connectivity index (χ4v) is 2.66. The summed E-state index contributed by atoms with van der Waals surface area (Å²) >= 11 is 0. The van der Waals surface area contributed by atoms with Gasteiger partial charge in [0.1, 0.15) is 17.3 Å². The Bertz CT molecular complexity index is 961. The van der Waals surface area contributed by atoms with Crippen LogP contribution in [-0.4, -0.2) is 23.0 Å². The van der Waals surface area contributed by atoms with Crippen molar-refractivity contribution in [3.63, 3.8) is 0 Å². The van der Waals surface area contributed by atoms with Crippen LogP contribution in [0.3, 0.4) is 0 Å². The molecule has 1 amide bonds. The van der Waals surface area contributed by atoms with Crippen molar-refractivity contribution in [3.05, 3.63) is 82.9 Å². The lowest BCUT2D eigenvalue weighted by molar-refractivity contribution is 0.0945. The molecule has 0 radical (unpaired) electrons. The molecule has 2 N–H and O–H groups in total. The lowest BCUT2D eigenvalue weighted by Crippen LogP contribution is -2.24. The first-order chi connectivity index (χ1) is 13.5. The first-order valence-corrected chi connectivity index (χ1v) is 8.79. The maximum Gasteiger partial charge on any atom is 0.270 e. The third kappa shape index (κ3) is 5.03. The zero-order valence-corrected chi connectivity index (χ0v) is 15.7. The second-order valence-electron chi connectivity index (χ2n) is 6.19. The molecule has 1 heterocycles. The van der Waals surface area contributed by atoms with Gasteiger partial charge in [-0.2, -0.15) is 0 Å². The third-order valence-electron chi connectivity index (χ3n) is 4.08. The van der Waals surface area contributed by atoms with Gasteiger partial charge < -0.3 is 15.4 Å². The first kappa shape index (κ1) is 19.3. The molecule has 0 aliphatic carbocycles. The third-order valence-corrected chi connectivity index (χ3v) is 4.08. The quantitative estimate of drug-likeness (QED) is 0.656. The molecule has 0 saturated heterocycles. The number of nitrogens with one attached hydrogen (secondary N) is 2. The number of benzene rings is 2. The van der Waals surface area contributed by atoms with E-state index >= 15 is 0 Å². The molecule has 3 aromatic rings. The summed E-state index contributed by atoms with van der Waals surface area (Å²) in [5.41, 5.74) is 2.69. The minimum Gasteiger partial charge on any atom is -0.496 e. The number of amides is 1. The highest BCUT2D eigenvalue weighted by molar-refractivity contribution is 5.92. The minimum absolute atomic E-state index is 0.268. The highest BCUT2D eigenvalue weighted by Crippen LogP contribution is 2.17. The van der Waals surface area contributed by atoms with Crippen LogP contribution in [0, 0.1) is 12.7 Å². The number of nitrogens with zero attached hydrogens (tertiary/aromatic N) is 2. The van der Waals surface area contributed by atoms with E-state index in [1.54, 1.807) is 32.2 Å². The molecule has 0 aliphatic rings. The fraction of sp³-hybridized carbons (Fsp3) is 0.190. The summed E-state index contributed by atoms with van der Waals surface area (Å²) in [5, 5.41) is 5.91. The van der Waals surface area contributed by atoms with E-state index in [-0.39, 0.29) is 17.4 Å². The Labute approximate surface area is 162 Å². The van der Waals surface area contributed by atoms with Gasteiger partial charge in [0.15, 0.2) is 0 Å². The number of aryl methyl sites for hydroxylation is 1. The Morgan fingerprint density at radius 1 is 1.07 bits per heavy atom. The summed E-state index contributed by atoms with van der Waals surface area (Å²) in [4.78, 5) is 21.1. The largest absolute Gasteiger partial charge is 0.496 e. The van der Waals surface area contributed by atoms with Crippen molar-refractivity contribution in [1.82, 2.24) is 15.3 Å².